The van der Waals surface area contributed by atoms with Crippen LogP contribution in [0.15, 0.2) is 42.5 Å². The van der Waals surface area contributed by atoms with E-state index in [0.29, 0.717) is 13.2 Å². The largest absolute Gasteiger partial charge is 0.497 e. The average molecular weight is 480 g/mol. The minimum absolute atomic E-state index is 0.616. The molecule has 0 fully saturated rings. The van der Waals surface area contributed by atoms with Gasteiger partial charge < -0.3 is 9.47 Å². The van der Waals surface area contributed by atoms with Gasteiger partial charge in [-0.2, -0.15) is 0 Å². The van der Waals surface area contributed by atoms with Gasteiger partial charge in [0.2, 0.25) is 0 Å². The Hall–Kier alpha value is -0.340. The molecular weight excluding hydrogens is 466 g/mol. The Kier molecular flexibility index (Phi) is 5.90. The zero-order valence-corrected chi connectivity index (χ0v) is 14.8. The molecule has 0 spiro atoms. The van der Waals surface area contributed by atoms with E-state index in [1.807, 2.05) is 24.3 Å². The highest BCUT2D eigenvalue weighted by atomic mass is 127. The molecule has 2 aromatic carbocycles. The van der Waals surface area contributed by atoms with Crippen LogP contribution in [0.2, 0.25) is 0 Å². The van der Waals surface area contributed by atoms with Gasteiger partial charge in [0.05, 0.1) is 20.3 Å². The van der Waals surface area contributed by atoms with Crippen molar-refractivity contribution >= 4 is 45.2 Å². The Morgan fingerprint density at radius 2 is 1.53 bits per heavy atom. The van der Waals surface area contributed by atoms with Gasteiger partial charge in [0.25, 0.3) is 0 Å². The number of benzene rings is 2. The van der Waals surface area contributed by atoms with Crippen molar-refractivity contribution < 1.29 is 9.47 Å². The van der Waals surface area contributed by atoms with E-state index in [1.54, 1.807) is 7.11 Å². The van der Waals surface area contributed by atoms with Crippen LogP contribution in [0.4, 0.5) is 0 Å². The van der Waals surface area contributed by atoms with Crippen LogP contribution >= 0.6 is 45.2 Å². The molecule has 0 radical (unpaired) electrons. The Balaban J connectivity index is 1.92. The first-order valence-corrected chi connectivity index (χ1v) is 8.00. The van der Waals surface area contributed by atoms with Gasteiger partial charge in [-0.15, -0.1) is 0 Å². The molecule has 100 valence electrons. The maximum atomic E-state index is 5.79. The second kappa shape index (κ2) is 7.44. The summed E-state index contributed by atoms with van der Waals surface area (Å²) >= 11 is 4.70. The summed E-state index contributed by atoms with van der Waals surface area (Å²) in [6, 6.07) is 14.2. The summed E-state index contributed by atoms with van der Waals surface area (Å²) < 4.78 is 13.4. The lowest BCUT2D eigenvalue weighted by Crippen LogP contribution is -1.98. The van der Waals surface area contributed by atoms with Gasteiger partial charge in [-0.25, -0.2) is 0 Å². The van der Waals surface area contributed by atoms with Gasteiger partial charge in [0.15, 0.2) is 0 Å². The lowest BCUT2D eigenvalue weighted by Gasteiger charge is -2.09. The van der Waals surface area contributed by atoms with E-state index in [0.717, 1.165) is 11.3 Å². The van der Waals surface area contributed by atoms with Crippen LogP contribution in [0.25, 0.3) is 0 Å². The molecule has 4 heteroatoms. The SMILES string of the molecule is COc1ccc(COCc2c(I)cccc2I)cc1. The fraction of sp³-hybridized carbons (Fsp3) is 0.200. The van der Waals surface area contributed by atoms with Crippen molar-refractivity contribution in [1.82, 2.24) is 0 Å². The van der Waals surface area contributed by atoms with E-state index in [-0.39, 0.29) is 0 Å². The van der Waals surface area contributed by atoms with Crippen LogP contribution < -0.4 is 4.74 Å². The van der Waals surface area contributed by atoms with E-state index >= 15 is 0 Å². The van der Waals surface area contributed by atoms with Gasteiger partial charge >= 0.3 is 0 Å². The number of rotatable bonds is 5. The predicted octanol–water partition coefficient (Wildman–Crippen LogP) is 4.62. The van der Waals surface area contributed by atoms with Gasteiger partial charge in [-0.05, 0) is 75.0 Å². The molecule has 0 aliphatic heterocycles. The van der Waals surface area contributed by atoms with Gasteiger partial charge in [0.1, 0.15) is 5.75 Å². The minimum atomic E-state index is 0.616. The van der Waals surface area contributed by atoms with Gasteiger partial charge in [0, 0.05) is 12.7 Å². The minimum Gasteiger partial charge on any atom is -0.497 e. The molecule has 0 unspecified atom stereocenters. The summed E-state index contributed by atoms with van der Waals surface area (Å²) in [5.74, 6) is 0.871. The Labute approximate surface area is 140 Å². The smallest absolute Gasteiger partial charge is 0.118 e. The molecule has 2 rings (SSSR count). The van der Waals surface area contributed by atoms with Crippen molar-refractivity contribution in [1.29, 1.82) is 0 Å². The Morgan fingerprint density at radius 3 is 2.11 bits per heavy atom. The van der Waals surface area contributed by atoms with Gasteiger partial charge in [-0.3, -0.25) is 0 Å². The molecule has 0 amide bonds. The van der Waals surface area contributed by atoms with Crippen molar-refractivity contribution in [3.63, 3.8) is 0 Å². The standard InChI is InChI=1S/C15H14I2O2/c1-18-12-7-5-11(6-8-12)9-19-10-13-14(16)3-2-4-15(13)17/h2-8H,9-10H2,1H3. The summed E-state index contributed by atoms with van der Waals surface area (Å²) in [5, 5.41) is 0. The third-order valence-electron chi connectivity index (χ3n) is 2.74. The van der Waals surface area contributed by atoms with Crippen molar-refractivity contribution in [2.45, 2.75) is 13.2 Å². The third-order valence-corrected chi connectivity index (χ3v) is 4.76. The first-order valence-electron chi connectivity index (χ1n) is 5.84. The Bertz CT molecular complexity index is 518. The average Bonchev–Trinajstić information content (AvgIpc) is 2.43. The molecule has 0 saturated heterocycles. The van der Waals surface area contributed by atoms with Crippen LogP contribution in [0.1, 0.15) is 11.1 Å². The number of methoxy groups -OCH3 is 1. The summed E-state index contributed by atoms with van der Waals surface area (Å²) in [6.45, 7) is 1.26. The van der Waals surface area contributed by atoms with Crippen molar-refractivity contribution in [2.75, 3.05) is 7.11 Å². The first-order chi connectivity index (χ1) is 9.20. The third kappa shape index (κ3) is 4.32. The fourth-order valence-electron chi connectivity index (χ4n) is 1.66. The second-order valence-electron chi connectivity index (χ2n) is 4.04. The number of hydrogen-bond donors (Lipinski definition) is 0. The van der Waals surface area contributed by atoms with Crippen LogP contribution in [-0.4, -0.2) is 7.11 Å². The van der Waals surface area contributed by atoms with E-state index in [1.165, 1.54) is 12.7 Å². The number of halogens is 2. The zero-order chi connectivity index (χ0) is 13.7. The molecule has 2 aromatic rings. The number of hydrogen-bond acceptors (Lipinski definition) is 2. The molecule has 2 nitrogen and oxygen atoms in total. The molecule has 0 heterocycles. The highest BCUT2D eigenvalue weighted by molar-refractivity contribution is 14.1. The fourth-order valence-corrected chi connectivity index (χ4v) is 3.49. The van der Waals surface area contributed by atoms with E-state index in [2.05, 4.69) is 63.4 Å². The molecule has 0 aliphatic carbocycles. The summed E-state index contributed by atoms with van der Waals surface area (Å²) in [5.41, 5.74) is 2.42. The zero-order valence-electron chi connectivity index (χ0n) is 10.5. The molecule has 19 heavy (non-hydrogen) atoms. The second-order valence-corrected chi connectivity index (χ2v) is 6.37. The van der Waals surface area contributed by atoms with Crippen molar-refractivity contribution in [3.05, 3.63) is 60.7 Å². The van der Waals surface area contributed by atoms with Crippen LogP contribution in [0, 0.1) is 7.14 Å². The normalized spacial score (nSPS) is 10.5. The summed E-state index contributed by atoms with van der Waals surface area (Å²) in [4.78, 5) is 0. The van der Waals surface area contributed by atoms with Crippen molar-refractivity contribution in [3.8, 4) is 5.75 Å². The maximum absolute atomic E-state index is 5.79. The van der Waals surface area contributed by atoms with Crippen LogP contribution in [0.3, 0.4) is 0 Å². The highest BCUT2D eigenvalue weighted by Crippen LogP contribution is 2.20. The lowest BCUT2D eigenvalue weighted by atomic mass is 10.2. The monoisotopic (exact) mass is 480 g/mol. The lowest BCUT2D eigenvalue weighted by molar-refractivity contribution is 0.106. The molecule has 0 N–H and O–H groups in total. The quantitative estimate of drug-likeness (QED) is 0.582. The molecule has 0 bridgehead atoms. The summed E-state index contributed by atoms with van der Waals surface area (Å²) in [7, 11) is 1.67. The van der Waals surface area contributed by atoms with E-state index in [4.69, 9.17) is 9.47 Å². The predicted molar refractivity (Wildman–Crippen MR) is 93.4 cm³/mol. The molecular formula is C15H14I2O2. The Morgan fingerprint density at radius 1 is 0.895 bits per heavy atom. The summed E-state index contributed by atoms with van der Waals surface area (Å²) in [6.07, 6.45) is 0. The number of ether oxygens (including phenoxy) is 2. The first kappa shape index (κ1) is 15.1. The van der Waals surface area contributed by atoms with E-state index in [9.17, 15) is 0 Å². The van der Waals surface area contributed by atoms with Crippen molar-refractivity contribution in [2.24, 2.45) is 0 Å². The van der Waals surface area contributed by atoms with E-state index < -0.39 is 0 Å². The van der Waals surface area contributed by atoms with Gasteiger partial charge in [-0.1, -0.05) is 18.2 Å². The molecule has 0 aliphatic rings. The molecule has 0 atom stereocenters. The van der Waals surface area contributed by atoms with Crippen LogP contribution in [0.5, 0.6) is 5.75 Å². The molecule has 0 saturated carbocycles. The maximum Gasteiger partial charge on any atom is 0.118 e. The molecule has 0 aromatic heterocycles. The highest BCUT2D eigenvalue weighted by Gasteiger charge is 2.04. The van der Waals surface area contributed by atoms with Crippen LogP contribution in [-0.2, 0) is 18.0 Å². The topological polar surface area (TPSA) is 18.5 Å².